The standard InChI is InChI=1S/C18H18N6O/c25-18(14-5-2-1-3-6-14)21-12-11-20-16-8-9-17(24-23-16)22-15-7-4-10-19-13-15/h1-10,13H,11-12H2,(H,20,23)(H,21,25)(H,22,24). The summed E-state index contributed by atoms with van der Waals surface area (Å²) in [6.07, 6.45) is 3.42. The van der Waals surface area contributed by atoms with Crippen molar-refractivity contribution in [3.05, 3.63) is 72.6 Å². The molecular weight excluding hydrogens is 316 g/mol. The molecule has 0 aliphatic rings. The number of carbonyl (C=O) groups is 1. The maximum Gasteiger partial charge on any atom is 0.251 e. The maximum atomic E-state index is 11.9. The number of nitrogens with zero attached hydrogens (tertiary/aromatic N) is 3. The van der Waals surface area contributed by atoms with E-state index in [9.17, 15) is 4.79 Å². The van der Waals surface area contributed by atoms with Crippen LogP contribution in [0.25, 0.3) is 0 Å². The molecule has 0 saturated heterocycles. The minimum atomic E-state index is -0.0931. The van der Waals surface area contributed by atoms with Gasteiger partial charge in [-0.15, -0.1) is 10.2 Å². The monoisotopic (exact) mass is 334 g/mol. The second-order valence-corrected chi connectivity index (χ2v) is 5.22. The van der Waals surface area contributed by atoms with E-state index in [4.69, 9.17) is 0 Å². The lowest BCUT2D eigenvalue weighted by atomic mass is 10.2. The van der Waals surface area contributed by atoms with Gasteiger partial charge in [0.25, 0.3) is 5.91 Å². The van der Waals surface area contributed by atoms with Gasteiger partial charge in [-0.3, -0.25) is 9.78 Å². The Morgan fingerprint density at radius 1 is 0.880 bits per heavy atom. The number of benzene rings is 1. The van der Waals surface area contributed by atoms with Crippen molar-refractivity contribution in [2.24, 2.45) is 0 Å². The number of nitrogens with one attached hydrogen (secondary N) is 3. The Balaban J connectivity index is 1.42. The molecule has 7 nitrogen and oxygen atoms in total. The lowest BCUT2D eigenvalue weighted by molar-refractivity contribution is 0.0955. The summed E-state index contributed by atoms with van der Waals surface area (Å²) in [5.41, 5.74) is 1.49. The van der Waals surface area contributed by atoms with E-state index in [1.165, 1.54) is 0 Å². The fourth-order valence-electron chi connectivity index (χ4n) is 2.14. The number of amides is 1. The molecule has 0 unspecified atom stereocenters. The van der Waals surface area contributed by atoms with Gasteiger partial charge in [0.15, 0.2) is 5.82 Å². The van der Waals surface area contributed by atoms with Crippen molar-refractivity contribution in [1.82, 2.24) is 20.5 Å². The molecule has 0 saturated carbocycles. The molecule has 7 heteroatoms. The molecule has 0 radical (unpaired) electrons. The van der Waals surface area contributed by atoms with Crippen LogP contribution in [0.1, 0.15) is 10.4 Å². The number of hydrogen-bond donors (Lipinski definition) is 3. The molecule has 3 rings (SSSR count). The van der Waals surface area contributed by atoms with Gasteiger partial charge in [-0.05, 0) is 36.4 Å². The van der Waals surface area contributed by atoms with Crippen molar-refractivity contribution in [3.63, 3.8) is 0 Å². The molecule has 3 N–H and O–H groups in total. The second-order valence-electron chi connectivity index (χ2n) is 5.22. The first-order valence-electron chi connectivity index (χ1n) is 7.89. The Morgan fingerprint density at radius 3 is 2.40 bits per heavy atom. The Morgan fingerprint density at radius 2 is 1.68 bits per heavy atom. The van der Waals surface area contributed by atoms with E-state index in [1.807, 2.05) is 42.5 Å². The van der Waals surface area contributed by atoms with Crippen molar-refractivity contribution in [1.29, 1.82) is 0 Å². The highest BCUT2D eigenvalue weighted by Gasteiger charge is 2.03. The first-order chi connectivity index (χ1) is 12.3. The summed E-state index contributed by atoms with van der Waals surface area (Å²) < 4.78 is 0. The zero-order valence-corrected chi connectivity index (χ0v) is 13.5. The molecule has 0 fully saturated rings. The SMILES string of the molecule is O=C(NCCNc1ccc(Nc2cccnc2)nn1)c1ccccc1. The van der Waals surface area contributed by atoms with E-state index in [-0.39, 0.29) is 5.91 Å². The van der Waals surface area contributed by atoms with Crippen LogP contribution < -0.4 is 16.0 Å². The molecule has 25 heavy (non-hydrogen) atoms. The third-order valence-corrected chi connectivity index (χ3v) is 3.35. The number of pyridine rings is 1. The molecule has 0 spiro atoms. The van der Waals surface area contributed by atoms with Crippen molar-refractivity contribution in [2.45, 2.75) is 0 Å². The van der Waals surface area contributed by atoms with Gasteiger partial charge < -0.3 is 16.0 Å². The van der Waals surface area contributed by atoms with Gasteiger partial charge in [-0.1, -0.05) is 18.2 Å². The van der Waals surface area contributed by atoms with E-state index >= 15 is 0 Å². The number of carbonyl (C=O) groups excluding carboxylic acids is 1. The third kappa shape index (κ3) is 5.00. The van der Waals surface area contributed by atoms with Gasteiger partial charge in [0.05, 0.1) is 11.9 Å². The van der Waals surface area contributed by atoms with E-state index in [1.54, 1.807) is 24.5 Å². The smallest absolute Gasteiger partial charge is 0.251 e. The quantitative estimate of drug-likeness (QED) is 0.575. The molecule has 126 valence electrons. The van der Waals surface area contributed by atoms with E-state index in [2.05, 4.69) is 31.1 Å². The third-order valence-electron chi connectivity index (χ3n) is 3.35. The van der Waals surface area contributed by atoms with Crippen LogP contribution in [-0.4, -0.2) is 34.2 Å². The first kappa shape index (κ1) is 16.4. The zero-order chi connectivity index (χ0) is 17.3. The van der Waals surface area contributed by atoms with Crippen LogP contribution >= 0.6 is 0 Å². The molecule has 0 aliphatic carbocycles. The predicted molar refractivity (Wildman–Crippen MR) is 96.8 cm³/mol. The Bertz CT molecular complexity index is 793. The van der Waals surface area contributed by atoms with Crippen molar-refractivity contribution < 1.29 is 4.79 Å². The van der Waals surface area contributed by atoms with Crippen LogP contribution in [0.5, 0.6) is 0 Å². The molecule has 1 amide bonds. The largest absolute Gasteiger partial charge is 0.367 e. The molecule has 0 atom stereocenters. The summed E-state index contributed by atoms with van der Waals surface area (Å²) in [6.45, 7) is 1.05. The maximum absolute atomic E-state index is 11.9. The minimum Gasteiger partial charge on any atom is -0.367 e. The topological polar surface area (TPSA) is 91.8 Å². The summed E-state index contributed by atoms with van der Waals surface area (Å²) in [5.74, 6) is 1.19. The minimum absolute atomic E-state index is 0.0931. The lowest BCUT2D eigenvalue weighted by Gasteiger charge is -2.08. The molecule has 1 aromatic carbocycles. The van der Waals surface area contributed by atoms with Gasteiger partial charge in [-0.2, -0.15) is 0 Å². The highest BCUT2D eigenvalue weighted by molar-refractivity contribution is 5.94. The van der Waals surface area contributed by atoms with Crippen LogP contribution in [0.2, 0.25) is 0 Å². The van der Waals surface area contributed by atoms with Gasteiger partial charge in [0, 0.05) is 24.8 Å². The summed E-state index contributed by atoms with van der Waals surface area (Å²) in [5, 5.41) is 17.3. The van der Waals surface area contributed by atoms with Crippen molar-refractivity contribution in [3.8, 4) is 0 Å². The zero-order valence-electron chi connectivity index (χ0n) is 13.5. The fourth-order valence-corrected chi connectivity index (χ4v) is 2.14. The van der Waals surface area contributed by atoms with E-state index < -0.39 is 0 Å². The molecular formula is C18H18N6O. The fraction of sp³-hybridized carbons (Fsp3) is 0.111. The van der Waals surface area contributed by atoms with Gasteiger partial charge in [0.2, 0.25) is 0 Å². The lowest BCUT2D eigenvalue weighted by Crippen LogP contribution is -2.28. The Hall–Kier alpha value is -3.48. The number of aromatic nitrogens is 3. The Kier molecular flexibility index (Phi) is 5.50. The highest BCUT2D eigenvalue weighted by Crippen LogP contribution is 2.12. The summed E-state index contributed by atoms with van der Waals surface area (Å²) in [6, 6.07) is 16.5. The predicted octanol–water partition coefficient (Wildman–Crippen LogP) is 2.46. The number of rotatable bonds is 7. The highest BCUT2D eigenvalue weighted by atomic mass is 16.1. The Labute approximate surface area is 145 Å². The summed E-state index contributed by atoms with van der Waals surface area (Å²) in [7, 11) is 0. The van der Waals surface area contributed by atoms with Crippen LogP contribution in [0, 0.1) is 0 Å². The van der Waals surface area contributed by atoms with Crippen LogP contribution in [0.3, 0.4) is 0 Å². The molecule has 2 aromatic heterocycles. The van der Waals surface area contributed by atoms with Crippen molar-refractivity contribution >= 4 is 23.2 Å². The number of anilines is 3. The van der Waals surface area contributed by atoms with Crippen LogP contribution in [-0.2, 0) is 0 Å². The van der Waals surface area contributed by atoms with Crippen LogP contribution in [0.4, 0.5) is 17.3 Å². The summed E-state index contributed by atoms with van der Waals surface area (Å²) >= 11 is 0. The van der Waals surface area contributed by atoms with Crippen LogP contribution in [0.15, 0.2) is 67.0 Å². The van der Waals surface area contributed by atoms with E-state index in [0.717, 1.165) is 5.69 Å². The number of hydrogen-bond acceptors (Lipinski definition) is 6. The molecule has 0 aliphatic heterocycles. The van der Waals surface area contributed by atoms with Gasteiger partial charge in [-0.25, -0.2) is 0 Å². The van der Waals surface area contributed by atoms with Crippen molar-refractivity contribution in [2.75, 3.05) is 23.7 Å². The average molecular weight is 334 g/mol. The van der Waals surface area contributed by atoms with Gasteiger partial charge in [0.1, 0.15) is 5.82 Å². The normalized spacial score (nSPS) is 10.1. The van der Waals surface area contributed by atoms with E-state index in [0.29, 0.717) is 30.3 Å². The van der Waals surface area contributed by atoms with Gasteiger partial charge >= 0.3 is 0 Å². The molecule has 3 aromatic rings. The first-order valence-corrected chi connectivity index (χ1v) is 7.89. The second kappa shape index (κ2) is 8.39. The summed E-state index contributed by atoms with van der Waals surface area (Å²) in [4.78, 5) is 15.9. The average Bonchev–Trinajstić information content (AvgIpc) is 2.68. The molecule has 0 bridgehead atoms. The molecule has 2 heterocycles.